The molecule has 0 saturated heterocycles. The molecule has 0 aromatic rings. The van der Waals surface area contributed by atoms with Gasteiger partial charge >= 0.3 is 13.8 Å². The quantitative estimate of drug-likeness (QED) is 0.384. The number of hydrogen-bond acceptors (Lipinski definition) is 4. The first-order valence-electron chi connectivity index (χ1n) is 5.91. The maximum Gasteiger partial charge on any atom is 0.350 e. The Morgan fingerprint density at radius 3 is 2.41 bits per heavy atom. The minimum absolute atomic E-state index is 0.196. The van der Waals surface area contributed by atoms with Gasteiger partial charge in [-0.05, 0) is 19.8 Å². The standard InChI is InChI=1S/C12H24O4P/c1-10(2)8-15-6-7-17(14)12(4,5)9-16-11(3)13/h10H,6-9H2,1-5H3/q+1. The van der Waals surface area contributed by atoms with Gasteiger partial charge in [0.15, 0.2) is 11.3 Å². The second-order valence-electron chi connectivity index (χ2n) is 5.16. The average molecular weight is 263 g/mol. The van der Waals surface area contributed by atoms with Crippen molar-refractivity contribution < 1.29 is 18.8 Å². The number of ether oxygens (including phenoxy) is 2. The van der Waals surface area contributed by atoms with Crippen LogP contribution in [0.1, 0.15) is 34.6 Å². The van der Waals surface area contributed by atoms with Gasteiger partial charge in [-0.15, -0.1) is 0 Å². The lowest BCUT2D eigenvalue weighted by Gasteiger charge is -2.13. The summed E-state index contributed by atoms with van der Waals surface area (Å²) in [6.45, 7) is 10.6. The molecule has 0 aliphatic heterocycles. The van der Waals surface area contributed by atoms with Crippen LogP contribution in [0.5, 0.6) is 0 Å². The topological polar surface area (TPSA) is 52.6 Å². The summed E-state index contributed by atoms with van der Waals surface area (Å²) < 4.78 is 22.3. The Morgan fingerprint density at radius 2 is 1.94 bits per heavy atom. The SMILES string of the molecule is CC(=O)OCC(C)(C)[P+](=O)CCOCC(C)C. The number of rotatable bonds is 8. The van der Waals surface area contributed by atoms with Gasteiger partial charge in [0.2, 0.25) is 0 Å². The third-order valence-electron chi connectivity index (χ3n) is 2.19. The smallest absolute Gasteiger partial charge is 0.350 e. The van der Waals surface area contributed by atoms with Crippen LogP contribution < -0.4 is 0 Å². The fourth-order valence-electron chi connectivity index (χ4n) is 1.12. The summed E-state index contributed by atoms with van der Waals surface area (Å²) in [5.74, 6) is 0.152. The Balaban J connectivity index is 3.90. The highest BCUT2D eigenvalue weighted by atomic mass is 31.1. The van der Waals surface area contributed by atoms with Crippen LogP contribution in [0.15, 0.2) is 0 Å². The van der Waals surface area contributed by atoms with E-state index in [1.54, 1.807) is 0 Å². The molecule has 0 fully saturated rings. The summed E-state index contributed by atoms with van der Waals surface area (Å²) in [5, 5.41) is -0.484. The zero-order valence-corrected chi connectivity index (χ0v) is 12.4. The lowest BCUT2D eigenvalue weighted by Crippen LogP contribution is -2.25. The van der Waals surface area contributed by atoms with Gasteiger partial charge in [0, 0.05) is 13.5 Å². The van der Waals surface area contributed by atoms with Gasteiger partial charge in [0.1, 0.15) is 6.61 Å². The fraction of sp³-hybridized carbons (Fsp3) is 0.917. The number of carbonyl (C=O) groups is 1. The van der Waals surface area contributed by atoms with Crippen LogP contribution in [0.2, 0.25) is 0 Å². The normalized spacial score (nSPS) is 12.7. The zero-order chi connectivity index (χ0) is 13.5. The van der Waals surface area contributed by atoms with E-state index in [0.29, 0.717) is 25.3 Å². The molecule has 5 heteroatoms. The molecule has 0 aliphatic carbocycles. The van der Waals surface area contributed by atoms with Gasteiger partial charge in [0.05, 0.1) is 6.61 Å². The third-order valence-corrected chi connectivity index (χ3v) is 4.26. The molecule has 0 radical (unpaired) electrons. The average Bonchev–Trinajstić information content (AvgIpc) is 2.21. The lowest BCUT2D eigenvalue weighted by molar-refractivity contribution is -0.141. The molecule has 1 unspecified atom stereocenters. The van der Waals surface area contributed by atoms with Crippen molar-refractivity contribution in [1.29, 1.82) is 0 Å². The maximum absolute atomic E-state index is 12.0. The summed E-state index contributed by atoms with van der Waals surface area (Å²) in [4.78, 5) is 10.7. The monoisotopic (exact) mass is 263 g/mol. The second kappa shape index (κ2) is 7.78. The first kappa shape index (κ1) is 16.5. The molecule has 0 amide bonds. The van der Waals surface area contributed by atoms with E-state index in [9.17, 15) is 9.36 Å². The number of esters is 1. The Kier molecular flexibility index (Phi) is 7.56. The van der Waals surface area contributed by atoms with Crippen molar-refractivity contribution in [1.82, 2.24) is 0 Å². The molecule has 0 heterocycles. The molecule has 0 rings (SSSR count). The lowest BCUT2D eigenvalue weighted by atomic mass is 10.2. The highest BCUT2D eigenvalue weighted by molar-refractivity contribution is 7.46. The van der Waals surface area contributed by atoms with Crippen LogP contribution in [0, 0.1) is 5.92 Å². The van der Waals surface area contributed by atoms with Gasteiger partial charge in [-0.3, -0.25) is 4.79 Å². The van der Waals surface area contributed by atoms with Gasteiger partial charge in [-0.1, -0.05) is 18.4 Å². The van der Waals surface area contributed by atoms with Crippen LogP contribution >= 0.6 is 7.80 Å². The summed E-state index contributed by atoms with van der Waals surface area (Å²) in [7, 11) is -1.44. The van der Waals surface area contributed by atoms with Crippen LogP contribution in [0.3, 0.4) is 0 Å². The highest BCUT2D eigenvalue weighted by Crippen LogP contribution is 2.38. The van der Waals surface area contributed by atoms with Gasteiger partial charge in [-0.2, -0.15) is 0 Å². The van der Waals surface area contributed by atoms with E-state index in [0.717, 1.165) is 0 Å². The minimum Gasteiger partial charge on any atom is -0.461 e. The van der Waals surface area contributed by atoms with Crippen molar-refractivity contribution in [2.45, 2.75) is 39.8 Å². The van der Waals surface area contributed by atoms with E-state index >= 15 is 0 Å². The van der Waals surface area contributed by atoms with Crippen LogP contribution in [-0.4, -0.2) is 37.1 Å². The maximum atomic E-state index is 12.0. The molecule has 4 nitrogen and oxygen atoms in total. The van der Waals surface area contributed by atoms with Crippen molar-refractivity contribution in [2.75, 3.05) is 26.0 Å². The van der Waals surface area contributed by atoms with Crippen LogP contribution in [-0.2, 0) is 18.8 Å². The molecule has 0 bridgehead atoms. The van der Waals surface area contributed by atoms with E-state index in [4.69, 9.17) is 9.47 Å². The predicted molar refractivity (Wildman–Crippen MR) is 68.8 cm³/mol. The van der Waals surface area contributed by atoms with Crippen molar-refractivity contribution in [3.63, 3.8) is 0 Å². The summed E-state index contributed by atoms with van der Waals surface area (Å²) in [6.07, 6.45) is 0.510. The molecule has 0 spiro atoms. The molecule has 100 valence electrons. The Hall–Kier alpha value is -0.470. The van der Waals surface area contributed by atoms with Crippen LogP contribution in [0.25, 0.3) is 0 Å². The molecular weight excluding hydrogens is 239 g/mol. The van der Waals surface area contributed by atoms with Gasteiger partial charge in [-0.25, -0.2) is 0 Å². The van der Waals surface area contributed by atoms with Crippen molar-refractivity contribution in [2.24, 2.45) is 5.92 Å². The molecule has 0 N–H and O–H groups in total. The van der Waals surface area contributed by atoms with Gasteiger partial charge < -0.3 is 9.47 Å². The Bertz CT molecular complexity index is 261. The molecule has 0 saturated carbocycles. The highest BCUT2D eigenvalue weighted by Gasteiger charge is 2.40. The fourth-order valence-corrected chi connectivity index (χ4v) is 2.23. The van der Waals surface area contributed by atoms with Gasteiger partial charge in [0.25, 0.3) is 0 Å². The van der Waals surface area contributed by atoms with Crippen molar-refractivity contribution >= 4 is 13.8 Å². The molecule has 1 atom stereocenters. The van der Waals surface area contributed by atoms with E-state index < -0.39 is 13.0 Å². The number of hydrogen-bond donors (Lipinski definition) is 0. The number of carbonyl (C=O) groups excluding carboxylic acids is 1. The largest absolute Gasteiger partial charge is 0.461 e. The summed E-state index contributed by atoms with van der Waals surface area (Å²) >= 11 is 0. The first-order chi connectivity index (χ1) is 7.75. The van der Waals surface area contributed by atoms with E-state index in [1.807, 2.05) is 13.8 Å². The van der Waals surface area contributed by atoms with Crippen molar-refractivity contribution in [3.8, 4) is 0 Å². The molecule has 0 aromatic carbocycles. The molecule has 0 aliphatic rings. The molecule has 0 aromatic heterocycles. The zero-order valence-electron chi connectivity index (χ0n) is 11.5. The summed E-state index contributed by atoms with van der Waals surface area (Å²) in [5.41, 5.74) is 0. The molecular formula is C12H24O4P+. The van der Waals surface area contributed by atoms with E-state index in [2.05, 4.69) is 13.8 Å². The molecule has 17 heavy (non-hydrogen) atoms. The van der Waals surface area contributed by atoms with E-state index in [1.165, 1.54) is 6.92 Å². The third kappa shape index (κ3) is 8.28. The second-order valence-corrected chi connectivity index (χ2v) is 7.58. The minimum atomic E-state index is -1.44. The predicted octanol–water partition coefficient (Wildman–Crippen LogP) is 2.83. The Morgan fingerprint density at radius 1 is 1.35 bits per heavy atom. The Labute approximate surface area is 105 Å². The van der Waals surface area contributed by atoms with Crippen LogP contribution in [0.4, 0.5) is 0 Å². The first-order valence-corrected chi connectivity index (χ1v) is 7.36. The van der Waals surface area contributed by atoms with E-state index in [-0.39, 0.29) is 12.6 Å². The summed E-state index contributed by atoms with van der Waals surface area (Å²) in [6, 6.07) is 0. The van der Waals surface area contributed by atoms with Crippen molar-refractivity contribution in [3.05, 3.63) is 0 Å².